The van der Waals surface area contributed by atoms with E-state index >= 15 is 0 Å². The lowest BCUT2D eigenvalue weighted by atomic mass is 9.98. The Morgan fingerprint density at radius 1 is 0.250 bits per heavy atom. The number of hydrogen-bond donors (Lipinski definition) is 0. The van der Waals surface area contributed by atoms with Gasteiger partial charge in [-0.05, 0) is 107 Å². The summed E-state index contributed by atoms with van der Waals surface area (Å²) in [5.74, 6) is 3.31. The van der Waals surface area contributed by atoms with Crippen LogP contribution in [0.5, 0.6) is 23.0 Å². The Labute approximate surface area is 275 Å². The molecule has 48 heavy (non-hydrogen) atoms. The second kappa shape index (κ2) is 9.57. The SMILES string of the molecule is c1ccc(Oc2c3cc4c(cc3c(Oc3ccccc3)c3c5cccc6cccc(c23)c65)c2cc3ccccc3c3cccc4c32)cc1. The first-order chi connectivity index (χ1) is 23.8. The van der Waals surface area contributed by atoms with Crippen LogP contribution in [0, 0.1) is 0 Å². The van der Waals surface area contributed by atoms with Gasteiger partial charge in [0, 0.05) is 21.5 Å². The second-order valence-corrected chi connectivity index (χ2v) is 12.8. The molecule has 0 bridgehead atoms. The molecule has 0 saturated heterocycles. The van der Waals surface area contributed by atoms with Crippen LogP contribution in [-0.2, 0) is 0 Å². The first kappa shape index (κ1) is 25.8. The van der Waals surface area contributed by atoms with Gasteiger partial charge in [-0.2, -0.15) is 0 Å². The van der Waals surface area contributed by atoms with Crippen LogP contribution in [0.25, 0.3) is 86.2 Å². The Hall–Kier alpha value is -6.38. The van der Waals surface area contributed by atoms with Crippen LogP contribution < -0.4 is 9.47 Å². The monoisotopic (exact) mass is 610 g/mol. The van der Waals surface area contributed by atoms with Crippen molar-refractivity contribution in [2.45, 2.75) is 0 Å². The quantitative estimate of drug-likeness (QED) is 0.185. The molecule has 0 aromatic heterocycles. The van der Waals surface area contributed by atoms with Crippen molar-refractivity contribution < 1.29 is 9.47 Å². The van der Waals surface area contributed by atoms with Gasteiger partial charge in [0.05, 0.1) is 0 Å². The molecule has 11 aromatic carbocycles. The fraction of sp³-hybridized carbons (Fsp3) is 0. The molecule has 0 amide bonds. The molecule has 0 fully saturated rings. The van der Waals surface area contributed by atoms with Crippen molar-refractivity contribution in [2.75, 3.05) is 0 Å². The smallest absolute Gasteiger partial charge is 0.144 e. The average molecular weight is 611 g/mol. The van der Waals surface area contributed by atoms with Crippen molar-refractivity contribution in [1.29, 1.82) is 0 Å². The van der Waals surface area contributed by atoms with E-state index in [9.17, 15) is 0 Å². The van der Waals surface area contributed by atoms with E-state index in [4.69, 9.17) is 9.47 Å². The summed E-state index contributed by atoms with van der Waals surface area (Å²) in [5.41, 5.74) is 0. The number of benzene rings is 9. The highest BCUT2D eigenvalue weighted by atomic mass is 16.5. The molecule has 2 nitrogen and oxygen atoms in total. The molecule has 0 saturated carbocycles. The Balaban J connectivity index is 1.39. The number of ether oxygens (including phenoxy) is 2. The van der Waals surface area contributed by atoms with E-state index in [1.165, 1.54) is 64.6 Å². The topological polar surface area (TPSA) is 18.5 Å². The molecule has 0 spiro atoms. The van der Waals surface area contributed by atoms with Gasteiger partial charge in [-0.15, -0.1) is 0 Å². The minimum absolute atomic E-state index is 0.803. The highest BCUT2D eigenvalue weighted by molar-refractivity contribution is 6.39. The van der Waals surface area contributed by atoms with Gasteiger partial charge in [0.1, 0.15) is 23.0 Å². The van der Waals surface area contributed by atoms with Gasteiger partial charge < -0.3 is 9.47 Å². The Morgan fingerprint density at radius 2 is 0.708 bits per heavy atom. The second-order valence-electron chi connectivity index (χ2n) is 12.8. The van der Waals surface area contributed by atoms with Gasteiger partial charge in [0.15, 0.2) is 0 Å². The molecular weight excluding hydrogens is 585 g/mol. The molecular formula is C46H26O2. The third-order valence-corrected chi connectivity index (χ3v) is 10.2. The summed E-state index contributed by atoms with van der Waals surface area (Å²) in [5, 5.41) is 19.0. The average Bonchev–Trinajstić information content (AvgIpc) is 3.64. The summed E-state index contributed by atoms with van der Waals surface area (Å²) in [6.07, 6.45) is 0. The zero-order valence-electron chi connectivity index (χ0n) is 25.8. The maximum absolute atomic E-state index is 7.03. The molecule has 11 aromatic rings. The molecule has 0 atom stereocenters. The van der Waals surface area contributed by atoms with E-state index < -0.39 is 0 Å². The predicted octanol–water partition coefficient (Wildman–Crippen LogP) is 13.4. The minimum Gasteiger partial charge on any atom is -0.456 e. The van der Waals surface area contributed by atoms with Gasteiger partial charge in [-0.3, -0.25) is 0 Å². The predicted molar refractivity (Wildman–Crippen MR) is 202 cm³/mol. The van der Waals surface area contributed by atoms with E-state index in [0.29, 0.717) is 0 Å². The van der Waals surface area contributed by atoms with Crippen LogP contribution in [0.15, 0.2) is 158 Å². The lowest BCUT2D eigenvalue weighted by molar-refractivity contribution is 0.486. The summed E-state index contributed by atoms with van der Waals surface area (Å²) in [6, 6.07) is 55.9. The maximum Gasteiger partial charge on any atom is 0.144 e. The van der Waals surface area contributed by atoms with E-state index in [1.54, 1.807) is 0 Å². The zero-order valence-corrected chi connectivity index (χ0v) is 25.8. The normalized spacial score (nSPS) is 12.2. The van der Waals surface area contributed by atoms with E-state index in [1.807, 2.05) is 60.7 Å². The zero-order chi connectivity index (χ0) is 31.3. The molecule has 0 aliphatic heterocycles. The molecule has 0 heterocycles. The largest absolute Gasteiger partial charge is 0.456 e. The van der Waals surface area contributed by atoms with Crippen LogP contribution in [-0.4, -0.2) is 0 Å². The third kappa shape index (κ3) is 3.46. The maximum atomic E-state index is 7.03. The third-order valence-electron chi connectivity index (χ3n) is 10.2. The molecule has 0 N–H and O–H groups in total. The number of para-hydroxylation sites is 2. The lowest BCUT2D eigenvalue weighted by Crippen LogP contribution is -1.92. The number of hydrogen-bond acceptors (Lipinski definition) is 2. The van der Waals surface area contributed by atoms with Crippen molar-refractivity contribution in [3.8, 4) is 23.0 Å². The van der Waals surface area contributed by atoms with Crippen molar-refractivity contribution in [1.82, 2.24) is 0 Å². The van der Waals surface area contributed by atoms with Crippen LogP contribution >= 0.6 is 0 Å². The molecule has 2 heteroatoms. The Bertz CT molecular complexity index is 3030. The summed E-state index contributed by atoms with van der Waals surface area (Å²) in [6.45, 7) is 0. The van der Waals surface area contributed by atoms with Crippen LogP contribution in [0.4, 0.5) is 0 Å². The standard InChI is InChI=1S/C46H26O2/c1-3-15-29(16-4-1)47-45-39-25-36-33-21-11-20-32-31-19-8-7-12-28(31)24-38(42(32)33)37(36)26-40(39)46(48-30-17-5-2-6-18-30)44-35-23-10-14-27-13-9-22-34(41(27)35)43(44)45/h1-26H. The van der Waals surface area contributed by atoms with Gasteiger partial charge in [0.2, 0.25) is 0 Å². The highest BCUT2D eigenvalue weighted by Crippen LogP contribution is 2.55. The molecule has 0 unspecified atom stereocenters. The van der Waals surface area contributed by atoms with Crippen molar-refractivity contribution in [3.05, 3.63) is 158 Å². The lowest BCUT2D eigenvalue weighted by Gasteiger charge is -2.17. The van der Waals surface area contributed by atoms with E-state index in [2.05, 4.69) is 97.1 Å². The van der Waals surface area contributed by atoms with Gasteiger partial charge >= 0.3 is 0 Å². The Kier molecular flexibility index (Phi) is 5.14. The van der Waals surface area contributed by atoms with Gasteiger partial charge in [-0.1, -0.05) is 115 Å². The fourth-order valence-corrected chi connectivity index (χ4v) is 8.21. The van der Waals surface area contributed by atoms with Crippen LogP contribution in [0.3, 0.4) is 0 Å². The summed E-state index contributed by atoms with van der Waals surface area (Å²) < 4.78 is 14.0. The van der Waals surface area contributed by atoms with E-state index in [-0.39, 0.29) is 0 Å². The summed E-state index contributed by atoms with van der Waals surface area (Å²) in [4.78, 5) is 0. The minimum atomic E-state index is 0.803. The number of fused-ring (bicyclic) bond motifs is 9. The number of rotatable bonds is 4. The Morgan fingerprint density at radius 3 is 1.33 bits per heavy atom. The van der Waals surface area contributed by atoms with Crippen molar-refractivity contribution in [2.24, 2.45) is 0 Å². The van der Waals surface area contributed by atoms with Crippen molar-refractivity contribution >= 4 is 86.2 Å². The van der Waals surface area contributed by atoms with Gasteiger partial charge in [0.25, 0.3) is 0 Å². The van der Waals surface area contributed by atoms with Gasteiger partial charge in [-0.25, -0.2) is 0 Å². The van der Waals surface area contributed by atoms with E-state index in [0.717, 1.165) is 44.5 Å². The molecule has 0 radical (unpaired) electrons. The van der Waals surface area contributed by atoms with Crippen LogP contribution in [0.2, 0.25) is 0 Å². The van der Waals surface area contributed by atoms with Crippen molar-refractivity contribution in [3.63, 3.8) is 0 Å². The molecule has 222 valence electrons. The summed E-state index contributed by atoms with van der Waals surface area (Å²) >= 11 is 0. The van der Waals surface area contributed by atoms with Crippen LogP contribution in [0.1, 0.15) is 0 Å². The first-order valence-corrected chi connectivity index (χ1v) is 16.4. The first-order valence-electron chi connectivity index (χ1n) is 16.4. The fourth-order valence-electron chi connectivity index (χ4n) is 8.21. The molecule has 0 aliphatic rings. The highest BCUT2D eigenvalue weighted by Gasteiger charge is 2.26. The molecule has 11 rings (SSSR count). The molecule has 0 aliphatic carbocycles. The summed E-state index contributed by atoms with van der Waals surface area (Å²) in [7, 11) is 0.